The van der Waals surface area contributed by atoms with Crippen LogP contribution in [-0.2, 0) is 4.79 Å². The van der Waals surface area contributed by atoms with Crippen LogP contribution in [0.1, 0.15) is 18.1 Å². The minimum Gasteiger partial charge on any atom is -0.353 e. The van der Waals surface area contributed by atoms with E-state index in [0.29, 0.717) is 24.6 Å². The number of likely N-dealkylation sites (N-methyl/N-ethyl adjacent to an activating group) is 1. The molecule has 1 aliphatic rings. The zero-order valence-corrected chi connectivity index (χ0v) is 17.4. The molecule has 1 amide bonds. The maximum absolute atomic E-state index is 13.3. The van der Waals surface area contributed by atoms with Crippen molar-refractivity contribution in [1.29, 1.82) is 5.26 Å². The number of pyridine rings is 1. The van der Waals surface area contributed by atoms with Gasteiger partial charge in [0.15, 0.2) is 0 Å². The molecule has 30 heavy (non-hydrogen) atoms. The number of hydrogen-bond donors (Lipinski definition) is 1. The molecule has 0 unspecified atom stereocenters. The maximum Gasteiger partial charge on any atom is 0.267 e. The summed E-state index contributed by atoms with van der Waals surface area (Å²) in [4.78, 5) is 34.8. The number of piperazine rings is 1. The maximum atomic E-state index is 13.3. The summed E-state index contributed by atoms with van der Waals surface area (Å²) in [6, 6.07) is 5.58. The highest BCUT2D eigenvalue weighted by Crippen LogP contribution is 2.21. The fraction of sp³-hybridized carbons (Fsp3) is 0.364. The third-order valence-corrected chi connectivity index (χ3v) is 5.24. The Labute approximate surface area is 175 Å². The quantitative estimate of drug-likeness (QED) is 0.442. The van der Waals surface area contributed by atoms with Crippen molar-refractivity contribution in [3.63, 3.8) is 0 Å². The molecule has 1 saturated heterocycles. The Kier molecular flexibility index (Phi) is 6.65. The van der Waals surface area contributed by atoms with Gasteiger partial charge in [0.05, 0.1) is 5.56 Å². The van der Waals surface area contributed by atoms with Crippen LogP contribution in [0.3, 0.4) is 0 Å². The van der Waals surface area contributed by atoms with Crippen LogP contribution in [0.25, 0.3) is 11.7 Å². The van der Waals surface area contributed by atoms with Gasteiger partial charge in [0.25, 0.3) is 11.5 Å². The molecule has 3 heterocycles. The summed E-state index contributed by atoms with van der Waals surface area (Å²) in [7, 11) is 0. The number of carbonyl (C=O) groups is 1. The predicted octanol–water partition coefficient (Wildman–Crippen LogP) is 1.35. The zero-order chi connectivity index (χ0) is 21.7. The number of nitrogens with zero attached hydrogens (tertiary/aromatic N) is 5. The molecule has 0 saturated carbocycles. The van der Waals surface area contributed by atoms with Crippen molar-refractivity contribution in [2.24, 2.45) is 0 Å². The van der Waals surface area contributed by atoms with Crippen LogP contribution in [0.4, 0.5) is 5.82 Å². The number of anilines is 1. The van der Waals surface area contributed by atoms with Gasteiger partial charge in [-0.05, 0) is 31.2 Å². The fourth-order valence-corrected chi connectivity index (χ4v) is 3.50. The standard InChI is InChI=1S/C22H26N6O2/c1-4-8-24-21(29)17(15-23)14-18-20(27-12-10-26(5-2)11-13-27)25-19-16(3)7-6-9-28(19)22(18)30/h4,6-7,9,14H,1,5,8,10-13H2,2-3H3,(H,24,29)/b17-14+. The molecule has 3 rings (SSSR count). The monoisotopic (exact) mass is 406 g/mol. The molecule has 2 aromatic rings. The average Bonchev–Trinajstić information content (AvgIpc) is 2.77. The number of hydrogen-bond acceptors (Lipinski definition) is 6. The van der Waals surface area contributed by atoms with E-state index in [1.54, 1.807) is 12.3 Å². The smallest absolute Gasteiger partial charge is 0.267 e. The van der Waals surface area contributed by atoms with Crippen molar-refractivity contribution in [2.45, 2.75) is 13.8 Å². The lowest BCUT2D eigenvalue weighted by Crippen LogP contribution is -2.47. The molecule has 0 bridgehead atoms. The van der Waals surface area contributed by atoms with Gasteiger partial charge in [-0.1, -0.05) is 19.1 Å². The molecule has 0 atom stereocenters. The van der Waals surface area contributed by atoms with Gasteiger partial charge in [-0.15, -0.1) is 6.58 Å². The van der Waals surface area contributed by atoms with Crippen molar-refractivity contribution in [1.82, 2.24) is 19.6 Å². The lowest BCUT2D eigenvalue weighted by Gasteiger charge is -2.35. The normalized spacial score (nSPS) is 15.1. The minimum absolute atomic E-state index is 0.142. The highest BCUT2D eigenvalue weighted by molar-refractivity contribution is 6.02. The van der Waals surface area contributed by atoms with E-state index >= 15 is 0 Å². The Morgan fingerprint density at radius 3 is 2.73 bits per heavy atom. The van der Waals surface area contributed by atoms with Crippen LogP contribution in [0, 0.1) is 18.3 Å². The van der Waals surface area contributed by atoms with E-state index in [-0.39, 0.29) is 23.2 Å². The third-order valence-electron chi connectivity index (χ3n) is 5.24. The summed E-state index contributed by atoms with van der Waals surface area (Å²) in [6.07, 6.45) is 4.53. The van der Waals surface area contributed by atoms with E-state index in [4.69, 9.17) is 4.98 Å². The van der Waals surface area contributed by atoms with Crippen LogP contribution < -0.4 is 15.8 Å². The molecule has 1 aliphatic heterocycles. The van der Waals surface area contributed by atoms with E-state index in [0.717, 1.165) is 25.2 Å². The Hall–Kier alpha value is -3.44. The summed E-state index contributed by atoms with van der Waals surface area (Å²) in [5.41, 5.74) is 1.25. The molecule has 8 nitrogen and oxygen atoms in total. The highest BCUT2D eigenvalue weighted by atomic mass is 16.1. The first kappa shape index (κ1) is 21.3. The number of amides is 1. The third kappa shape index (κ3) is 4.26. The first-order valence-electron chi connectivity index (χ1n) is 10.00. The number of nitriles is 1. The minimum atomic E-state index is -0.548. The highest BCUT2D eigenvalue weighted by Gasteiger charge is 2.23. The topological polar surface area (TPSA) is 93.7 Å². The summed E-state index contributed by atoms with van der Waals surface area (Å²) in [5.74, 6) is -0.0396. The van der Waals surface area contributed by atoms with Gasteiger partial charge < -0.3 is 15.1 Å². The van der Waals surface area contributed by atoms with Crippen LogP contribution in [0.15, 0.2) is 41.4 Å². The number of fused-ring (bicyclic) bond motifs is 1. The first-order valence-corrected chi connectivity index (χ1v) is 10.00. The SMILES string of the molecule is C=CCNC(=O)/C(C#N)=C/c1c(N2CCN(CC)CC2)nc2c(C)cccn2c1=O. The molecule has 0 spiro atoms. The van der Waals surface area contributed by atoms with Crippen LogP contribution in [0.5, 0.6) is 0 Å². The Morgan fingerprint density at radius 1 is 1.37 bits per heavy atom. The van der Waals surface area contributed by atoms with Crippen molar-refractivity contribution in [3.8, 4) is 6.07 Å². The van der Waals surface area contributed by atoms with Crippen LogP contribution >= 0.6 is 0 Å². The second kappa shape index (κ2) is 9.37. The van der Waals surface area contributed by atoms with Gasteiger partial charge in [-0.25, -0.2) is 4.98 Å². The number of carbonyl (C=O) groups excluding carboxylic acids is 1. The number of rotatable bonds is 6. The second-order valence-corrected chi connectivity index (χ2v) is 7.13. The Balaban J connectivity index is 2.16. The number of aromatic nitrogens is 2. The zero-order valence-electron chi connectivity index (χ0n) is 17.4. The summed E-state index contributed by atoms with van der Waals surface area (Å²) in [6.45, 7) is 11.9. The molecule has 1 fully saturated rings. The molecule has 2 aromatic heterocycles. The van der Waals surface area contributed by atoms with Gasteiger partial charge in [0, 0.05) is 38.9 Å². The Bertz CT molecular complexity index is 1090. The van der Waals surface area contributed by atoms with Gasteiger partial charge in [0.2, 0.25) is 0 Å². The molecule has 156 valence electrons. The molecular weight excluding hydrogens is 380 g/mol. The number of nitrogens with one attached hydrogen (secondary N) is 1. The molecule has 0 aliphatic carbocycles. The molecule has 1 N–H and O–H groups in total. The van der Waals surface area contributed by atoms with E-state index < -0.39 is 5.91 Å². The van der Waals surface area contributed by atoms with Gasteiger partial charge in [-0.2, -0.15) is 5.26 Å². The van der Waals surface area contributed by atoms with Crippen molar-refractivity contribution >= 4 is 23.4 Å². The van der Waals surface area contributed by atoms with Crippen molar-refractivity contribution < 1.29 is 4.79 Å². The molecule has 0 aromatic carbocycles. The lowest BCUT2D eigenvalue weighted by atomic mass is 10.1. The van der Waals surface area contributed by atoms with Crippen molar-refractivity contribution in [3.05, 3.63) is 58.0 Å². The van der Waals surface area contributed by atoms with E-state index in [9.17, 15) is 14.9 Å². The lowest BCUT2D eigenvalue weighted by molar-refractivity contribution is -0.116. The van der Waals surface area contributed by atoms with Crippen LogP contribution in [0.2, 0.25) is 0 Å². The van der Waals surface area contributed by atoms with Crippen LogP contribution in [-0.4, -0.2) is 59.5 Å². The molecule has 8 heteroatoms. The first-order chi connectivity index (χ1) is 14.5. The van der Waals surface area contributed by atoms with Gasteiger partial charge in [-0.3, -0.25) is 14.0 Å². The Morgan fingerprint density at radius 2 is 2.10 bits per heavy atom. The number of aryl methyl sites for hydroxylation is 1. The average molecular weight is 406 g/mol. The largest absolute Gasteiger partial charge is 0.353 e. The predicted molar refractivity (Wildman–Crippen MR) is 117 cm³/mol. The molecule has 0 radical (unpaired) electrons. The van der Waals surface area contributed by atoms with Gasteiger partial charge in [0.1, 0.15) is 23.1 Å². The molecular formula is C22H26N6O2. The summed E-state index contributed by atoms with van der Waals surface area (Å²) in [5, 5.41) is 12.1. The van der Waals surface area contributed by atoms with E-state index in [2.05, 4.69) is 28.6 Å². The van der Waals surface area contributed by atoms with E-state index in [1.807, 2.05) is 19.1 Å². The summed E-state index contributed by atoms with van der Waals surface area (Å²) < 4.78 is 1.46. The van der Waals surface area contributed by atoms with Gasteiger partial charge >= 0.3 is 0 Å². The van der Waals surface area contributed by atoms with E-state index in [1.165, 1.54) is 16.6 Å². The second-order valence-electron chi connectivity index (χ2n) is 7.13. The van der Waals surface area contributed by atoms with Crippen molar-refractivity contribution in [2.75, 3.05) is 44.2 Å². The fourth-order valence-electron chi connectivity index (χ4n) is 3.50. The summed E-state index contributed by atoms with van der Waals surface area (Å²) >= 11 is 0.